The second-order valence-corrected chi connectivity index (χ2v) is 2.60. The van der Waals surface area contributed by atoms with Crippen LogP contribution in [-0.2, 0) is 6.54 Å². The van der Waals surface area contributed by atoms with Crippen molar-refractivity contribution in [2.45, 2.75) is 14.0 Å². The predicted octanol–water partition coefficient (Wildman–Crippen LogP) is 0.920. The Labute approximate surface area is 100 Å². The van der Waals surface area contributed by atoms with Crippen LogP contribution in [0, 0.1) is 11.3 Å². The van der Waals surface area contributed by atoms with Crippen molar-refractivity contribution in [3.05, 3.63) is 48.6 Å². The number of nitrogens with two attached hydrogens (primary N) is 1. The minimum Gasteiger partial charge on any atom is -0.325 e. The van der Waals surface area contributed by atoms with E-state index in [2.05, 4.69) is 19.9 Å². The molecule has 2 N–H and O–H groups in total. The summed E-state index contributed by atoms with van der Waals surface area (Å²) in [6.45, 7) is 0.466. The SMILES string of the molecule is C.N#Cc1cnccn1.NCc1cnccn1. The summed E-state index contributed by atoms with van der Waals surface area (Å²) in [6, 6.07) is 1.85. The highest BCUT2D eigenvalue weighted by Gasteiger charge is 1.83. The molecule has 6 heteroatoms. The first-order chi connectivity index (χ1) is 7.86. The van der Waals surface area contributed by atoms with E-state index < -0.39 is 0 Å². The lowest BCUT2D eigenvalue weighted by atomic mass is 10.5. The second kappa shape index (κ2) is 8.88. The van der Waals surface area contributed by atoms with Crippen molar-refractivity contribution in [3.63, 3.8) is 0 Å². The Bertz CT molecular complexity index is 437. The molecule has 0 aliphatic carbocycles. The van der Waals surface area contributed by atoms with E-state index in [1.165, 1.54) is 18.6 Å². The van der Waals surface area contributed by atoms with Gasteiger partial charge in [0, 0.05) is 37.5 Å². The lowest BCUT2D eigenvalue weighted by molar-refractivity contribution is 0.963. The van der Waals surface area contributed by atoms with Crippen molar-refractivity contribution in [2.75, 3.05) is 0 Å². The molecule has 0 fully saturated rings. The number of rotatable bonds is 1. The van der Waals surface area contributed by atoms with E-state index in [9.17, 15) is 0 Å². The summed E-state index contributed by atoms with van der Waals surface area (Å²) in [5.74, 6) is 0. The molecule has 0 aliphatic heterocycles. The van der Waals surface area contributed by atoms with Crippen molar-refractivity contribution in [1.29, 1.82) is 5.26 Å². The van der Waals surface area contributed by atoms with Gasteiger partial charge in [-0.1, -0.05) is 7.43 Å². The van der Waals surface area contributed by atoms with E-state index in [0.717, 1.165) is 5.69 Å². The summed E-state index contributed by atoms with van der Waals surface area (Å²) in [6.07, 6.45) is 9.33. The number of nitrogens with zero attached hydrogens (tertiary/aromatic N) is 5. The zero-order chi connectivity index (χ0) is 11.6. The molecule has 88 valence electrons. The molecule has 2 aromatic heterocycles. The van der Waals surface area contributed by atoms with Crippen molar-refractivity contribution in [2.24, 2.45) is 5.73 Å². The minimum atomic E-state index is 0. The summed E-state index contributed by atoms with van der Waals surface area (Å²) in [5.41, 5.74) is 6.43. The lowest BCUT2D eigenvalue weighted by Crippen LogP contribution is -1.98. The summed E-state index contributed by atoms with van der Waals surface area (Å²) in [5, 5.41) is 8.19. The zero-order valence-corrected chi connectivity index (χ0v) is 8.48. The summed E-state index contributed by atoms with van der Waals surface area (Å²) in [7, 11) is 0. The highest BCUT2D eigenvalue weighted by atomic mass is 14.8. The fourth-order valence-electron chi connectivity index (χ4n) is 0.792. The number of nitriles is 1. The standard InChI is InChI=1S/C5H7N3.C5H3N3.CH4/c2*6-3-5-4-7-1-2-8-5;/h1-2,4H,3,6H2;1-2,4H;1H4. The second-order valence-electron chi connectivity index (χ2n) is 2.60. The van der Waals surface area contributed by atoms with Crippen LogP contribution in [0.5, 0.6) is 0 Å². The van der Waals surface area contributed by atoms with E-state index in [0.29, 0.717) is 12.2 Å². The van der Waals surface area contributed by atoms with Gasteiger partial charge in [0.15, 0.2) is 5.69 Å². The molecule has 0 spiro atoms. The first-order valence-corrected chi connectivity index (χ1v) is 4.48. The maximum Gasteiger partial charge on any atom is 0.158 e. The Kier molecular flexibility index (Phi) is 7.63. The molecule has 0 saturated heterocycles. The molecular formula is C11H14N6. The lowest BCUT2D eigenvalue weighted by Gasteiger charge is -1.88. The van der Waals surface area contributed by atoms with Crippen LogP contribution in [0.3, 0.4) is 0 Å². The van der Waals surface area contributed by atoms with E-state index >= 15 is 0 Å². The zero-order valence-electron chi connectivity index (χ0n) is 8.48. The van der Waals surface area contributed by atoms with Crippen LogP contribution in [0.25, 0.3) is 0 Å². The molecule has 0 aromatic carbocycles. The molecule has 2 aromatic rings. The van der Waals surface area contributed by atoms with Crippen LogP contribution >= 0.6 is 0 Å². The summed E-state index contributed by atoms with van der Waals surface area (Å²) < 4.78 is 0. The molecule has 0 unspecified atom stereocenters. The molecule has 17 heavy (non-hydrogen) atoms. The minimum absolute atomic E-state index is 0. The molecule has 2 heterocycles. The van der Waals surface area contributed by atoms with Gasteiger partial charge in [0.05, 0.1) is 11.9 Å². The van der Waals surface area contributed by atoms with Gasteiger partial charge in [-0.05, 0) is 0 Å². The molecule has 2 rings (SSSR count). The Morgan fingerprint density at radius 1 is 1.06 bits per heavy atom. The van der Waals surface area contributed by atoms with Crippen LogP contribution < -0.4 is 5.73 Å². The Morgan fingerprint density at radius 2 is 1.71 bits per heavy atom. The van der Waals surface area contributed by atoms with Crippen molar-refractivity contribution >= 4 is 0 Å². The van der Waals surface area contributed by atoms with E-state index in [-0.39, 0.29) is 7.43 Å². The Balaban J connectivity index is 0.000000284. The molecule has 0 atom stereocenters. The maximum atomic E-state index is 8.19. The average molecular weight is 230 g/mol. The van der Waals surface area contributed by atoms with Gasteiger partial charge in [-0.2, -0.15) is 5.26 Å². The van der Waals surface area contributed by atoms with Gasteiger partial charge in [-0.3, -0.25) is 15.0 Å². The highest BCUT2D eigenvalue weighted by Crippen LogP contribution is 1.84. The van der Waals surface area contributed by atoms with Crippen LogP contribution in [0.2, 0.25) is 0 Å². The van der Waals surface area contributed by atoms with Gasteiger partial charge in [-0.15, -0.1) is 0 Å². The van der Waals surface area contributed by atoms with Gasteiger partial charge in [-0.25, -0.2) is 4.98 Å². The van der Waals surface area contributed by atoms with Crippen molar-refractivity contribution in [3.8, 4) is 6.07 Å². The number of hydrogen-bond acceptors (Lipinski definition) is 6. The van der Waals surface area contributed by atoms with Gasteiger partial charge in [0.25, 0.3) is 0 Å². The van der Waals surface area contributed by atoms with E-state index in [4.69, 9.17) is 11.0 Å². The van der Waals surface area contributed by atoms with Crippen molar-refractivity contribution in [1.82, 2.24) is 19.9 Å². The number of hydrogen-bond donors (Lipinski definition) is 1. The number of aromatic nitrogens is 4. The summed E-state index contributed by atoms with van der Waals surface area (Å²) in [4.78, 5) is 15.1. The Hall–Kier alpha value is -2.39. The molecule has 0 amide bonds. The molecule has 6 nitrogen and oxygen atoms in total. The largest absolute Gasteiger partial charge is 0.325 e. The van der Waals surface area contributed by atoms with Crippen LogP contribution in [0.4, 0.5) is 0 Å². The van der Waals surface area contributed by atoms with Gasteiger partial charge in [0.1, 0.15) is 6.07 Å². The van der Waals surface area contributed by atoms with Crippen LogP contribution in [0.1, 0.15) is 18.8 Å². The normalized spacial score (nSPS) is 8.00. The fraction of sp³-hybridized carbons (Fsp3) is 0.182. The maximum absolute atomic E-state index is 8.19. The van der Waals surface area contributed by atoms with Crippen molar-refractivity contribution < 1.29 is 0 Å². The Morgan fingerprint density at radius 3 is 2.00 bits per heavy atom. The molecule has 0 bridgehead atoms. The molecule has 0 aliphatic rings. The molecular weight excluding hydrogens is 216 g/mol. The third-order valence-electron chi connectivity index (χ3n) is 1.50. The van der Waals surface area contributed by atoms with E-state index in [1.54, 1.807) is 18.6 Å². The van der Waals surface area contributed by atoms with Gasteiger partial charge in [0.2, 0.25) is 0 Å². The smallest absolute Gasteiger partial charge is 0.158 e. The highest BCUT2D eigenvalue weighted by molar-refractivity contribution is 5.13. The third-order valence-corrected chi connectivity index (χ3v) is 1.50. The summed E-state index contributed by atoms with van der Waals surface area (Å²) >= 11 is 0. The van der Waals surface area contributed by atoms with Crippen LogP contribution in [0.15, 0.2) is 37.2 Å². The topological polar surface area (TPSA) is 101 Å². The van der Waals surface area contributed by atoms with Crippen LogP contribution in [-0.4, -0.2) is 19.9 Å². The molecule has 0 radical (unpaired) electrons. The van der Waals surface area contributed by atoms with Gasteiger partial charge < -0.3 is 5.73 Å². The fourth-order valence-corrected chi connectivity index (χ4v) is 0.792. The monoisotopic (exact) mass is 230 g/mol. The quantitative estimate of drug-likeness (QED) is 0.781. The third kappa shape index (κ3) is 5.92. The van der Waals surface area contributed by atoms with Gasteiger partial charge >= 0.3 is 0 Å². The predicted molar refractivity (Wildman–Crippen MR) is 63.4 cm³/mol. The first-order valence-electron chi connectivity index (χ1n) is 4.48. The average Bonchev–Trinajstić information content (AvgIpc) is 2.41. The molecule has 0 saturated carbocycles. The first kappa shape index (κ1) is 14.6. The van der Waals surface area contributed by atoms with E-state index in [1.807, 2.05) is 6.07 Å².